The fourth-order valence-corrected chi connectivity index (χ4v) is 3.42. The molecule has 4 heteroatoms. The third-order valence-electron chi connectivity index (χ3n) is 4.71. The first kappa shape index (κ1) is 14.0. The molecule has 0 bridgehead atoms. The maximum atomic E-state index is 6.21. The van der Waals surface area contributed by atoms with Crippen molar-refractivity contribution in [2.45, 2.75) is 32.2 Å². The zero-order valence-corrected chi connectivity index (χ0v) is 13.3. The van der Waals surface area contributed by atoms with Crippen LogP contribution in [0.15, 0.2) is 12.1 Å². The Morgan fingerprint density at radius 2 is 2.15 bits per heavy atom. The predicted molar refractivity (Wildman–Crippen MR) is 84.1 cm³/mol. The number of nitrogens with zero attached hydrogens (tertiary/aromatic N) is 1. The minimum Gasteiger partial charge on any atom is -0.495 e. The van der Waals surface area contributed by atoms with Crippen molar-refractivity contribution in [2.75, 3.05) is 31.6 Å². The second-order valence-electron chi connectivity index (χ2n) is 6.31. The zero-order valence-electron chi connectivity index (χ0n) is 12.5. The molecule has 1 unspecified atom stereocenters. The second-order valence-corrected chi connectivity index (χ2v) is 6.72. The molecule has 0 amide bonds. The summed E-state index contributed by atoms with van der Waals surface area (Å²) in [5, 5.41) is 4.48. The molecule has 2 aliphatic rings. The second kappa shape index (κ2) is 5.12. The molecule has 0 spiro atoms. The van der Waals surface area contributed by atoms with Crippen LogP contribution in [0.3, 0.4) is 0 Å². The van der Waals surface area contributed by atoms with Crippen molar-refractivity contribution in [3.05, 3.63) is 22.7 Å². The van der Waals surface area contributed by atoms with Gasteiger partial charge in [-0.05, 0) is 44.2 Å². The number of nitrogens with one attached hydrogen (secondary N) is 1. The first-order chi connectivity index (χ1) is 9.53. The van der Waals surface area contributed by atoms with Gasteiger partial charge in [0.2, 0.25) is 0 Å². The van der Waals surface area contributed by atoms with Crippen molar-refractivity contribution in [2.24, 2.45) is 5.92 Å². The van der Waals surface area contributed by atoms with Crippen LogP contribution in [0, 0.1) is 12.8 Å². The number of hydrogen-bond donors (Lipinski definition) is 1. The molecule has 0 radical (unpaired) electrons. The molecule has 110 valence electrons. The lowest BCUT2D eigenvalue weighted by Gasteiger charge is -2.43. The molecule has 20 heavy (non-hydrogen) atoms. The summed E-state index contributed by atoms with van der Waals surface area (Å²) in [6.45, 7) is 7.48. The summed E-state index contributed by atoms with van der Waals surface area (Å²) in [4.78, 5) is 2.44. The zero-order chi connectivity index (χ0) is 14.3. The Morgan fingerprint density at radius 3 is 2.80 bits per heavy atom. The van der Waals surface area contributed by atoms with E-state index in [-0.39, 0.29) is 5.54 Å². The third-order valence-corrected chi connectivity index (χ3v) is 5.12. The topological polar surface area (TPSA) is 24.5 Å². The molecule has 3 nitrogen and oxygen atoms in total. The number of ether oxygens (including phenoxy) is 1. The molecule has 1 atom stereocenters. The van der Waals surface area contributed by atoms with Crippen LogP contribution in [-0.2, 0) is 0 Å². The van der Waals surface area contributed by atoms with Crippen LogP contribution in [-0.4, -0.2) is 32.3 Å². The van der Waals surface area contributed by atoms with Crippen molar-refractivity contribution in [1.29, 1.82) is 0 Å². The van der Waals surface area contributed by atoms with Crippen LogP contribution >= 0.6 is 11.6 Å². The average molecular weight is 295 g/mol. The van der Waals surface area contributed by atoms with Crippen molar-refractivity contribution >= 4 is 17.3 Å². The summed E-state index contributed by atoms with van der Waals surface area (Å²) < 4.78 is 5.53. The maximum absolute atomic E-state index is 6.21. The van der Waals surface area contributed by atoms with Crippen LogP contribution < -0.4 is 15.0 Å². The van der Waals surface area contributed by atoms with Crippen LogP contribution in [0.2, 0.25) is 5.02 Å². The molecule has 3 rings (SSSR count). The summed E-state index contributed by atoms with van der Waals surface area (Å²) in [6.07, 6.45) is 2.71. The molecule has 1 aliphatic heterocycles. The fraction of sp³-hybridized carbons (Fsp3) is 0.625. The van der Waals surface area contributed by atoms with Crippen molar-refractivity contribution in [3.8, 4) is 5.75 Å². The van der Waals surface area contributed by atoms with Gasteiger partial charge in [-0.15, -0.1) is 0 Å². The molecular formula is C16H23ClN2O. The standard InChI is InChI=1S/C16H23ClN2O/c1-11-8-14(15(20-3)9-13(11)17)19-7-6-18-16(2,10-19)12-4-5-12/h8-9,12,18H,4-7,10H2,1-3H3. The molecule has 0 aromatic heterocycles. The molecule has 1 saturated carbocycles. The summed E-state index contributed by atoms with van der Waals surface area (Å²) in [5.74, 6) is 1.70. The van der Waals surface area contributed by atoms with Gasteiger partial charge in [-0.1, -0.05) is 11.6 Å². The number of piperazine rings is 1. The van der Waals surface area contributed by atoms with E-state index in [9.17, 15) is 0 Å². The number of anilines is 1. The van der Waals surface area contributed by atoms with Gasteiger partial charge >= 0.3 is 0 Å². The van der Waals surface area contributed by atoms with E-state index in [4.69, 9.17) is 16.3 Å². The lowest BCUT2D eigenvalue weighted by molar-refractivity contribution is 0.284. The molecule has 1 aliphatic carbocycles. The van der Waals surface area contributed by atoms with Gasteiger partial charge in [0.05, 0.1) is 12.8 Å². The van der Waals surface area contributed by atoms with Gasteiger partial charge in [-0.25, -0.2) is 0 Å². The number of methoxy groups -OCH3 is 1. The van der Waals surface area contributed by atoms with Gasteiger partial charge in [0, 0.05) is 36.3 Å². The lowest BCUT2D eigenvalue weighted by Crippen LogP contribution is -2.60. The number of aryl methyl sites for hydroxylation is 1. The monoisotopic (exact) mass is 294 g/mol. The quantitative estimate of drug-likeness (QED) is 0.926. The Kier molecular flexibility index (Phi) is 3.59. The highest BCUT2D eigenvalue weighted by Gasteiger charge is 2.44. The first-order valence-corrected chi connectivity index (χ1v) is 7.75. The Hall–Kier alpha value is -0.930. The van der Waals surface area contributed by atoms with Gasteiger partial charge in [0.1, 0.15) is 5.75 Å². The summed E-state index contributed by atoms with van der Waals surface area (Å²) in [6, 6.07) is 4.09. The number of benzene rings is 1. The van der Waals surface area contributed by atoms with E-state index in [2.05, 4.69) is 23.2 Å². The largest absolute Gasteiger partial charge is 0.495 e. The van der Waals surface area contributed by atoms with Gasteiger partial charge in [-0.2, -0.15) is 0 Å². The summed E-state index contributed by atoms with van der Waals surface area (Å²) in [5.41, 5.74) is 2.51. The highest BCUT2D eigenvalue weighted by atomic mass is 35.5. The molecule has 1 aromatic rings. The van der Waals surface area contributed by atoms with Crippen molar-refractivity contribution < 1.29 is 4.74 Å². The van der Waals surface area contributed by atoms with Gasteiger partial charge in [0.15, 0.2) is 0 Å². The Labute approximate surface area is 126 Å². The van der Waals surface area contributed by atoms with Gasteiger partial charge < -0.3 is 15.0 Å². The first-order valence-electron chi connectivity index (χ1n) is 7.37. The molecule has 1 aromatic carbocycles. The maximum Gasteiger partial charge on any atom is 0.143 e. The van der Waals surface area contributed by atoms with E-state index in [0.29, 0.717) is 0 Å². The highest BCUT2D eigenvalue weighted by Crippen LogP contribution is 2.42. The van der Waals surface area contributed by atoms with E-state index < -0.39 is 0 Å². The van der Waals surface area contributed by atoms with E-state index in [1.165, 1.54) is 18.5 Å². The molecular weight excluding hydrogens is 272 g/mol. The minimum atomic E-state index is 0.233. The van der Waals surface area contributed by atoms with Crippen LogP contribution in [0.5, 0.6) is 5.75 Å². The summed E-state index contributed by atoms with van der Waals surface area (Å²) >= 11 is 6.21. The Morgan fingerprint density at radius 1 is 1.40 bits per heavy atom. The average Bonchev–Trinajstić information content (AvgIpc) is 3.26. The predicted octanol–water partition coefficient (Wildman–Crippen LogP) is 3.24. The minimum absolute atomic E-state index is 0.233. The SMILES string of the molecule is COc1cc(Cl)c(C)cc1N1CCNC(C)(C2CC2)C1. The number of hydrogen-bond acceptors (Lipinski definition) is 3. The van der Waals surface area contributed by atoms with Gasteiger partial charge in [-0.3, -0.25) is 0 Å². The smallest absolute Gasteiger partial charge is 0.143 e. The number of halogens is 1. The lowest BCUT2D eigenvalue weighted by atomic mass is 9.92. The van der Waals surface area contributed by atoms with E-state index in [1.807, 2.05) is 13.0 Å². The third kappa shape index (κ3) is 2.49. The molecule has 1 heterocycles. The highest BCUT2D eigenvalue weighted by molar-refractivity contribution is 6.31. The Balaban J connectivity index is 1.90. The van der Waals surface area contributed by atoms with Crippen LogP contribution in [0.4, 0.5) is 5.69 Å². The van der Waals surface area contributed by atoms with Crippen LogP contribution in [0.25, 0.3) is 0 Å². The van der Waals surface area contributed by atoms with Crippen molar-refractivity contribution in [1.82, 2.24) is 5.32 Å². The summed E-state index contributed by atoms with van der Waals surface area (Å²) in [7, 11) is 1.72. The molecule has 2 fully saturated rings. The van der Waals surface area contributed by atoms with Crippen LogP contribution in [0.1, 0.15) is 25.3 Å². The van der Waals surface area contributed by atoms with E-state index in [1.54, 1.807) is 7.11 Å². The van der Waals surface area contributed by atoms with E-state index >= 15 is 0 Å². The van der Waals surface area contributed by atoms with Crippen molar-refractivity contribution in [3.63, 3.8) is 0 Å². The molecule has 1 saturated heterocycles. The number of rotatable bonds is 3. The van der Waals surface area contributed by atoms with E-state index in [0.717, 1.165) is 41.9 Å². The van der Waals surface area contributed by atoms with Gasteiger partial charge in [0.25, 0.3) is 0 Å². The Bertz CT molecular complexity index is 515. The fourth-order valence-electron chi connectivity index (χ4n) is 3.27. The normalized spacial score (nSPS) is 26.7. The molecule has 1 N–H and O–H groups in total.